The molecule has 1 heterocycles. The number of hydrogen-bond acceptors (Lipinski definition) is 5. The Morgan fingerprint density at radius 2 is 2.16 bits per heavy atom. The highest BCUT2D eigenvalue weighted by molar-refractivity contribution is 6.00. The molecule has 0 fully saturated rings. The molecule has 0 aliphatic carbocycles. The zero-order valence-electron chi connectivity index (χ0n) is 11.0. The summed E-state index contributed by atoms with van der Waals surface area (Å²) in [6.45, 7) is 2.84. The third-order valence-electron chi connectivity index (χ3n) is 3.19. The highest BCUT2D eigenvalue weighted by Gasteiger charge is 2.32. The van der Waals surface area contributed by atoms with E-state index in [1.54, 1.807) is 11.8 Å². The second-order valence-corrected chi connectivity index (χ2v) is 4.71. The van der Waals surface area contributed by atoms with E-state index in [1.165, 1.54) is 0 Å². The van der Waals surface area contributed by atoms with E-state index in [4.69, 9.17) is 21.9 Å². The number of nitrogens with zero attached hydrogens (tertiary/aromatic N) is 1. The summed E-state index contributed by atoms with van der Waals surface area (Å²) in [7, 11) is 0. The van der Waals surface area contributed by atoms with Gasteiger partial charge in [-0.15, -0.1) is 0 Å². The lowest BCUT2D eigenvalue weighted by Crippen LogP contribution is -2.51. The summed E-state index contributed by atoms with van der Waals surface area (Å²) in [5.41, 5.74) is 18.7. The number of hydrogen-bond donors (Lipinski definition) is 3. The Labute approximate surface area is 112 Å². The lowest BCUT2D eigenvalue weighted by molar-refractivity contribution is -0.125. The van der Waals surface area contributed by atoms with Crippen LogP contribution in [0.1, 0.15) is 12.5 Å². The molecule has 1 aromatic rings. The largest absolute Gasteiger partial charge is 0.479 e. The smallest absolute Gasteiger partial charge is 0.267 e. The maximum Gasteiger partial charge on any atom is 0.267 e. The van der Waals surface area contributed by atoms with Crippen LogP contribution in [0, 0.1) is 0 Å². The summed E-state index contributed by atoms with van der Waals surface area (Å²) < 4.78 is 5.58. The molecular weight excluding hydrogens is 244 g/mol. The topological polar surface area (TPSA) is 108 Å². The quantitative estimate of drug-likeness (QED) is 0.682. The van der Waals surface area contributed by atoms with Gasteiger partial charge in [-0.3, -0.25) is 4.79 Å². The molecule has 0 bridgehead atoms. The maximum absolute atomic E-state index is 12.2. The zero-order valence-corrected chi connectivity index (χ0v) is 11.0. The minimum absolute atomic E-state index is 0.106. The average molecular weight is 264 g/mol. The molecule has 0 radical (unpaired) electrons. The first-order valence-electron chi connectivity index (χ1n) is 6.33. The molecule has 0 aromatic heterocycles. The maximum atomic E-state index is 12.2. The molecule has 6 heteroatoms. The Morgan fingerprint density at radius 3 is 2.79 bits per heavy atom. The number of carbonyl (C=O) groups excluding carboxylic acids is 1. The average Bonchev–Trinajstić information content (AvgIpc) is 2.43. The lowest BCUT2D eigenvalue weighted by Gasteiger charge is -2.34. The van der Waals surface area contributed by atoms with Gasteiger partial charge in [0.05, 0.1) is 5.69 Å². The molecule has 0 saturated heterocycles. The Balaban J connectivity index is 2.38. The fourth-order valence-corrected chi connectivity index (χ4v) is 2.08. The van der Waals surface area contributed by atoms with Crippen LogP contribution in [0.25, 0.3) is 0 Å². The van der Waals surface area contributed by atoms with Gasteiger partial charge in [-0.05, 0) is 24.6 Å². The van der Waals surface area contributed by atoms with Crippen LogP contribution in [0.4, 0.5) is 5.69 Å². The number of benzene rings is 1. The highest BCUT2D eigenvalue weighted by Crippen LogP contribution is 2.34. The summed E-state index contributed by atoms with van der Waals surface area (Å²) in [4.78, 5) is 13.9. The van der Waals surface area contributed by atoms with Crippen LogP contribution in [0.3, 0.4) is 0 Å². The SMILES string of the molecule is CC1Oc2ccc(CN)cc2N(CC(N)CN)C1=O. The minimum atomic E-state index is -0.513. The van der Waals surface area contributed by atoms with Gasteiger partial charge in [0, 0.05) is 25.7 Å². The highest BCUT2D eigenvalue weighted by atomic mass is 16.5. The molecule has 104 valence electrons. The number of fused-ring (bicyclic) bond motifs is 1. The Morgan fingerprint density at radius 1 is 1.42 bits per heavy atom. The first-order chi connectivity index (χ1) is 9.06. The van der Waals surface area contributed by atoms with Crippen LogP contribution in [0.15, 0.2) is 18.2 Å². The number of amides is 1. The molecule has 2 unspecified atom stereocenters. The second-order valence-electron chi connectivity index (χ2n) is 4.71. The van der Waals surface area contributed by atoms with E-state index in [0.29, 0.717) is 25.4 Å². The van der Waals surface area contributed by atoms with Crippen LogP contribution in [0.2, 0.25) is 0 Å². The summed E-state index contributed by atoms with van der Waals surface area (Å²) in [6.07, 6.45) is -0.513. The normalized spacial score (nSPS) is 19.9. The van der Waals surface area contributed by atoms with Gasteiger partial charge in [0.25, 0.3) is 5.91 Å². The number of anilines is 1. The Hall–Kier alpha value is -1.63. The lowest BCUT2D eigenvalue weighted by atomic mass is 10.1. The number of ether oxygens (including phenoxy) is 1. The monoisotopic (exact) mass is 264 g/mol. The van der Waals surface area contributed by atoms with Crippen molar-refractivity contribution in [2.24, 2.45) is 17.2 Å². The summed E-state index contributed by atoms with van der Waals surface area (Å²) in [5.74, 6) is 0.569. The van der Waals surface area contributed by atoms with Gasteiger partial charge in [-0.1, -0.05) is 6.07 Å². The Bertz CT molecular complexity index is 478. The van der Waals surface area contributed by atoms with E-state index in [-0.39, 0.29) is 11.9 Å². The molecule has 0 spiro atoms. The van der Waals surface area contributed by atoms with Crippen molar-refractivity contribution in [3.8, 4) is 5.75 Å². The first-order valence-corrected chi connectivity index (χ1v) is 6.33. The van der Waals surface area contributed by atoms with Gasteiger partial charge in [0.2, 0.25) is 0 Å². The van der Waals surface area contributed by atoms with Crippen LogP contribution >= 0.6 is 0 Å². The van der Waals surface area contributed by atoms with E-state index in [9.17, 15) is 4.79 Å². The summed E-state index contributed by atoms with van der Waals surface area (Å²) in [5, 5.41) is 0. The van der Waals surface area contributed by atoms with Crippen molar-refractivity contribution in [3.63, 3.8) is 0 Å². The minimum Gasteiger partial charge on any atom is -0.479 e. The standard InChI is InChI=1S/C13H20N4O2/c1-8-13(18)17(7-10(16)6-15)11-4-9(5-14)2-3-12(11)19-8/h2-4,8,10H,5-7,14-16H2,1H3. The van der Waals surface area contributed by atoms with E-state index in [2.05, 4.69) is 0 Å². The van der Waals surface area contributed by atoms with Crippen LogP contribution in [0.5, 0.6) is 5.75 Å². The van der Waals surface area contributed by atoms with Crippen molar-refractivity contribution in [3.05, 3.63) is 23.8 Å². The van der Waals surface area contributed by atoms with Crippen molar-refractivity contribution in [1.82, 2.24) is 0 Å². The summed E-state index contributed by atoms with van der Waals surface area (Å²) >= 11 is 0. The van der Waals surface area contributed by atoms with Gasteiger partial charge in [-0.25, -0.2) is 0 Å². The fraction of sp³-hybridized carbons (Fsp3) is 0.462. The molecule has 19 heavy (non-hydrogen) atoms. The molecule has 2 rings (SSSR count). The van der Waals surface area contributed by atoms with E-state index in [1.807, 2.05) is 18.2 Å². The van der Waals surface area contributed by atoms with E-state index in [0.717, 1.165) is 11.3 Å². The van der Waals surface area contributed by atoms with Gasteiger partial charge >= 0.3 is 0 Å². The number of rotatable bonds is 4. The zero-order chi connectivity index (χ0) is 14.0. The van der Waals surface area contributed by atoms with Crippen LogP contribution < -0.4 is 26.8 Å². The molecule has 6 N–H and O–H groups in total. The molecule has 2 atom stereocenters. The molecule has 1 amide bonds. The molecule has 1 aliphatic heterocycles. The number of carbonyl (C=O) groups is 1. The first kappa shape index (κ1) is 13.8. The van der Waals surface area contributed by atoms with Crippen molar-refractivity contribution < 1.29 is 9.53 Å². The van der Waals surface area contributed by atoms with Crippen molar-refractivity contribution in [2.75, 3.05) is 18.0 Å². The number of nitrogens with two attached hydrogens (primary N) is 3. The third kappa shape index (κ3) is 2.70. The van der Waals surface area contributed by atoms with Crippen molar-refractivity contribution in [2.45, 2.75) is 25.6 Å². The van der Waals surface area contributed by atoms with Crippen LogP contribution in [-0.2, 0) is 11.3 Å². The third-order valence-corrected chi connectivity index (χ3v) is 3.19. The summed E-state index contributed by atoms with van der Waals surface area (Å²) in [6, 6.07) is 5.33. The molecular formula is C13H20N4O2. The van der Waals surface area contributed by atoms with Gasteiger partial charge in [-0.2, -0.15) is 0 Å². The predicted octanol–water partition coefficient (Wildman–Crippen LogP) is -0.455. The fourth-order valence-electron chi connectivity index (χ4n) is 2.08. The Kier molecular flexibility index (Phi) is 4.04. The molecule has 1 aromatic carbocycles. The van der Waals surface area contributed by atoms with Crippen molar-refractivity contribution >= 4 is 11.6 Å². The predicted molar refractivity (Wildman–Crippen MR) is 73.8 cm³/mol. The van der Waals surface area contributed by atoms with Gasteiger partial charge in [0.15, 0.2) is 6.10 Å². The van der Waals surface area contributed by atoms with Crippen molar-refractivity contribution in [1.29, 1.82) is 0 Å². The van der Waals surface area contributed by atoms with Crippen LogP contribution in [-0.4, -0.2) is 31.1 Å². The van der Waals surface area contributed by atoms with Gasteiger partial charge < -0.3 is 26.8 Å². The molecule has 1 aliphatic rings. The van der Waals surface area contributed by atoms with E-state index >= 15 is 0 Å². The van der Waals surface area contributed by atoms with Gasteiger partial charge in [0.1, 0.15) is 5.75 Å². The molecule has 0 saturated carbocycles. The second kappa shape index (κ2) is 5.56. The molecule has 6 nitrogen and oxygen atoms in total. The van der Waals surface area contributed by atoms with E-state index < -0.39 is 6.10 Å².